The highest BCUT2D eigenvalue weighted by Crippen LogP contribution is 2.32. The van der Waals surface area contributed by atoms with Gasteiger partial charge in [0, 0.05) is 0 Å². The summed E-state index contributed by atoms with van der Waals surface area (Å²) < 4.78 is 65.7. The normalized spacial score (nSPS) is 11.1. The maximum Gasteiger partial charge on any atom is 0.236 e. The van der Waals surface area contributed by atoms with Gasteiger partial charge in [0.2, 0.25) is 11.1 Å². The van der Waals surface area contributed by atoms with E-state index in [0.717, 1.165) is 4.31 Å². The summed E-state index contributed by atoms with van der Waals surface area (Å²) in [4.78, 5) is 9.43. The average Bonchev–Trinajstić information content (AvgIpc) is 2.29. The van der Waals surface area contributed by atoms with E-state index in [-0.39, 0.29) is 11.9 Å². The number of hydrogen-bond donors (Lipinski definition) is 0. The molecule has 0 radical (unpaired) electrons. The molecule has 0 spiro atoms. The molecule has 0 heterocycles. The van der Waals surface area contributed by atoms with Gasteiger partial charge in [0.1, 0.15) is 4.90 Å². The van der Waals surface area contributed by atoms with Crippen molar-refractivity contribution in [3.05, 3.63) is 29.1 Å². The molecule has 0 aliphatic heterocycles. The molecule has 0 fully saturated rings. The molecule has 0 aliphatic rings. The first-order valence-electron chi connectivity index (χ1n) is 4.34. The molecule has 2 nitrogen and oxygen atoms in total. The Hall–Kier alpha value is -0.860. The molecule has 0 amide bonds. The molecule has 100 valence electrons. The van der Waals surface area contributed by atoms with Crippen LogP contribution in [-0.4, -0.2) is 23.1 Å². The summed E-state index contributed by atoms with van der Waals surface area (Å²) in [7, 11) is 1.21. The Morgan fingerprint density at radius 2 is 1.44 bits per heavy atom. The zero-order chi connectivity index (χ0) is 14.0. The van der Waals surface area contributed by atoms with E-state index in [1.807, 2.05) is 0 Å². The van der Waals surface area contributed by atoms with Gasteiger partial charge in [0.05, 0.1) is 6.54 Å². The first-order chi connectivity index (χ1) is 8.25. The van der Waals surface area contributed by atoms with E-state index in [1.165, 1.54) is 7.05 Å². The first-order valence-corrected chi connectivity index (χ1v) is 5.49. The molecule has 1 aromatic carbocycles. The molecule has 0 aliphatic carbocycles. The third kappa shape index (κ3) is 3.12. The van der Waals surface area contributed by atoms with Crippen LogP contribution in [0.5, 0.6) is 0 Å². The Kier molecular flexibility index (Phi) is 4.94. The second kappa shape index (κ2) is 5.85. The van der Waals surface area contributed by atoms with Gasteiger partial charge in [-0.1, -0.05) is 0 Å². The van der Waals surface area contributed by atoms with Crippen LogP contribution in [0.15, 0.2) is 4.90 Å². The largest absolute Gasteiger partial charge is 0.280 e. The fourth-order valence-corrected chi connectivity index (χ4v) is 2.11. The molecule has 9 heteroatoms. The number of carbonyl (C=O) groups is 1. The lowest BCUT2D eigenvalue weighted by Crippen LogP contribution is -2.17. The van der Waals surface area contributed by atoms with E-state index < -0.39 is 45.8 Å². The van der Waals surface area contributed by atoms with Gasteiger partial charge in [0.25, 0.3) is 0 Å². The molecule has 18 heavy (non-hydrogen) atoms. The van der Waals surface area contributed by atoms with Crippen LogP contribution in [0.1, 0.15) is 0 Å². The summed E-state index contributed by atoms with van der Waals surface area (Å²) in [5.74, 6) is -10.2. The Morgan fingerprint density at radius 1 is 1.06 bits per heavy atom. The number of nitrogens with zero attached hydrogens (tertiary/aromatic N) is 1. The van der Waals surface area contributed by atoms with Crippen LogP contribution in [0, 0.1) is 29.1 Å². The third-order valence-electron chi connectivity index (χ3n) is 1.76. The predicted molar refractivity (Wildman–Crippen MR) is 55.6 cm³/mol. The van der Waals surface area contributed by atoms with Crippen molar-refractivity contribution < 1.29 is 26.7 Å². The van der Waals surface area contributed by atoms with Crippen LogP contribution >= 0.6 is 23.5 Å². The number of rotatable bonds is 4. The van der Waals surface area contributed by atoms with Crippen LogP contribution in [0.2, 0.25) is 0 Å². The average molecular weight is 306 g/mol. The van der Waals surface area contributed by atoms with Crippen molar-refractivity contribution in [1.29, 1.82) is 0 Å². The first kappa shape index (κ1) is 15.2. The second-order valence-corrected chi connectivity index (χ2v) is 4.77. The highest BCUT2D eigenvalue weighted by Gasteiger charge is 2.27. The maximum absolute atomic E-state index is 13.2. The van der Waals surface area contributed by atoms with E-state index in [9.17, 15) is 26.7 Å². The van der Waals surface area contributed by atoms with Gasteiger partial charge < -0.3 is 0 Å². The van der Waals surface area contributed by atoms with E-state index >= 15 is 0 Å². The van der Waals surface area contributed by atoms with Gasteiger partial charge in [-0.05, 0) is 30.6 Å². The molecule has 0 aromatic heterocycles. The van der Waals surface area contributed by atoms with Crippen LogP contribution in [-0.2, 0) is 4.79 Å². The van der Waals surface area contributed by atoms with Gasteiger partial charge in [-0.2, -0.15) is 0 Å². The van der Waals surface area contributed by atoms with Crippen molar-refractivity contribution in [2.75, 3.05) is 13.6 Å². The van der Waals surface area contributed by atoms with Crippen molar-refractivity contribution in [2.45, 2.75) is 4.90 Å². The Morgan fingerprint density at radius 3 is 1.83 bits per heavy atom. The maximum atomic E-state index is 13.2. The Labute approximate surface area is 108 Å². The van der Waals surface area contributed by atoms with E-state index in [2.05, 4.69) is 0 Å². The molecular formula is C9H5ClF5NOS. The van der Waals surface area contributed by atoms with Gasteiger partial charge in [-0.15, -0.1) is 0 Å². The zero-order valence-corrected chi connectivity index (χ0v) is 10.3. The molecular weight excluding hydrogens is 301 g/mol. The van der Waals surface area contributed by atoms with E-state index in [1.54, 1.807) is 0 Å². The summed E-state index contributed by atoms with van der Waals surface area (Å²) >= 11 is 5.21. The van der Waals surface area contributed by atoms with Crippen LogP contribution < -0.4 is 0 Å². The fraction of sp³-hybridized carbons (Fsp3) is 0.222. The highest BCUT2D eigenvalue weighted by molar-refractivity contribution is 7.97. The van der Waals surface area contributed by atoms with Crippen LogP contribution in [0.3, 0.4) is 0 Å². The standard InChI is InChI=1S/C9H5ClF5NOS/c1-16(2-3(10)17)18-9-7(14)5(12)4(11)6(13)8(9)15/h2H2,1H3. The number of hydrogen-bond acceptors (Lipinski definition) is 3. The predicted octanol–water partition coefficient (Wildman–Crippen LogP) is 3.09. The minimum absolute atomic E-state index is 0.194. The minimum atomic E-state index is -2.23. The second-order valence-electron chi connectivity index (χ2n) is 3.13. The topological polar surface area (TPSA) is 20.3 Å². The molecule has 0 saturated carbocycles. The summed E-state index contributed by atoms with van der Waals surface area (Å²) in [6, 6.07) is 0. The molecule has 1 aromatic rings. The molecule has 1 rings (SSSR count). The van der Waals surface area contributed by atoms with Crippen molar-refractivity contribution in [3.8, 4) is 0 Å². The molecule has 0 unspecified atom stereocenters. The number of halogens is 6. The monoisotopic (exact) mass is 305 g/mol. The zero-order valence-electron chi connectivity index (χ0n) is 8.74. The van der Waals surface area contributed by atoms with Crippen molar-refractivity contribution in [2.24, 2.45) is 0 Å². The molecule has 0 bridgehead atoms. The smallest absolute Gasteiger partial charge is 0.236 e. The van der Waals surface area contributed by atoms with Crippen LogP contribution in [0.4, 0.5) is 22.0 Å². The fourth-order valence-electron chi connectivity index (χ4n) is 1.03. The summed E-state index contributed by atoms with van der Waals surface area (Å²) in [6.07, 6.45) is 0. The lowest BCUT2D eigenvalue weighted by atomic mass is 10.3. The van der Waals surface area contributed by atoms with Crippen molar-refractivity contribution in [1.82, 2.24) is 4.31 Å². The van der Waals surface area contributed by atoms with E-state index in [0.29, 0.717) is 0 Å². The Balaban J connectivity index is 3.13. The highest BCUT2D eigenvalue weighted by atomic mass is 35.5. The quantitative estimate of drug-likeness (QED) is 0.280. The lowest BCUT2D eigenvalue weighted by molar-refractivity contribution is -0.111. The summed E-state index contributed by atoms with van der Waals surface area (Å²) in [6.45, 7) is -0.425. The van der Waals surface area contributed by atoms with E-state index in [4.69, 9.17) is 11.6 Å². The van der Waals surface area contributed by atoms with Gasteiger partial charge in [-0.25, -0.2) is 26.3 Å². The third-order valence-corrected chi connectivity index (χ3v) is 2.86. The minimum Gasteiger partial charge on any atom is -0.280 e. The number of carbonyl (C=O) groups excluding carboxylic acids is 1. The van der Waals surface area contributed by atoms with Gasteiger partial charge in [0.15, 0.2) is 23.3 Å². The van der Waals surface area contributed by atoms with Crippen LogP contribution in [0.25, 0.3) is 0 Å². The summed E-state index contributed by atoms with van der Waals surface area (Å²) in [5.41, 5.74) is 0. The molecule has 0 atom stereocenters. The number of benzene rings is 1. The van der Waals surface area contributed by atoms with Gasteiger partial charge >= 0.3 is 0 Å². The number of likely N-dealkylation sites (N-methyl/N-ethyl adjacent to an activating group) is 1. The molecule has 0 saturated heterocycles. The van der Waals surface area contributed by atoms with Crippen molar-refractivity contribution in [3.63, 3.8) is 0 Å². The SMILES string of the molecule is CN(CC(=O)Cl)Sc1c(F)c(F)c(F)c(F)c1F. The van der Waals surface area contributed by atoms with Crippen molar-refractivity contribution >= 4 is 28.8 Å². The van der Waals surface area contributed by atoms with Gasteiger partial charge in [-0.3, -0.25) is 4.79 Å². The Bertz CT molecular complexity index is 469. The summed E-state index contributed by atoms with van der Waals surface area (Å²) in [5, 5.41) is -0.839. The lowest BCUT2D eigenvalue weighted by Gasteiger charge is -2.14. The molecule has 0 N–H and O–H groups in total.